The summed E-state index contributed by atoms with van der Waals surface area (Å²) in [6, 6.07) is 23.2. The Kier molecular flexibility index (Phi) is 8.24. The van der Waals surface area contributed by atoms with E-state index in [0.717, 1.165) is 22.3 Å². The molecule has 3 rings (SSSR count). The number of ether oxygens (including phenoxy) is 4. The first-order valence-corrected chi connectivity index (χ1v) is 10.6. The molecule has 0 aliphatic carbocycles. The molecule has 6 nitrogen and oxygen atoms in total. The molecular formula is C28H26O6. The topological polar surface area (TPSA) is 71.1 Å². The number of carbonyl (C=O) groups excluding carboxylic acids is 2. The molecule has 0 unspecified atom stereocenters. The van der Waals surface area contributed by atoms with Gasteiger partial charge in [0.05, 0.1) is 0 Å². The lowest BCUT2D eigenvalue weighted by Gasteiger charge is -2.09. The molecule has 3 aromatic rings. The standard InChI is InChI=1S/C28H26O6/c1-19(2)27(29)33-17-31-25-13-9-23(10-14-25)21-5-7-22(8-6-21)24-11-15-26(16-12-24)32-18-34-28(30)20(3)4/h5-16H,1,3,17-18H2,2,4H3. The largest absolute Gasteiger partial charge is 0.457 e. The van der Waals surface area contributed by atoms with E-state index < -0.39 is 11.9 Å². The van der Waals surface area contributed by atoms with Gasteiger partial charge in [0.15, 0.2) is 0 Å². The molecular weight excluding hydrogens is 432 g/mol. The molecule has 0 amide bonds. The highest BCUT2D eigenvalue weighted by Gasteiger charge is 2.06. The van der Waals surface area contributed by atoms with Crippen LogP contribution in [0.15, 0.2) is 97.1 Å². The Labute approximate surface area is 199 Å². The van der Waals surface area contributed by atoms with Crippen LogP contribution in [0.5, 0.6) is 11.5 Å². The number of hydrogen-bond acceptors (Lipinski definition) is 6. The molecule has 6 heteroatoms. The second-order valence-electron chi connectivity index (χ2n) is 7.57. The molecule has 0 aliphatic rings. The van der Waals surface area contributed by atoms with Crippen molar-refractivity contribution in [2.45, 2.75) is 13.8 Å². The van der Waals surface area contributed by atoms with Crippen molar-refractivity contribution in [3.63, 3.8) is 0 Å². The maximum Gasteiger partial charge on any atom is 0.335 e. The summed E-state index contributed by atoms with van der Waals surface area (Å²) in [5.74, 6) is 0.240. The van der Waals surface area contributed by atoms with Gasteiger partial charge in [-0.3, -0.25) is 0 Å². The molecule has 34 heavy (non-hydrogen) atoms. The predicted octanol–water partition coefficient (Wildman–Crippen LogP) is 5.93. The lowest BCUT2D eigenvalue weighted by atomic mass is 10.0. The summed E-state index contributed by atoms with van der Waals surface area (Å²) in [4.78, 5) is 22.8. The fraction of sp³-hybridized carbons (Fsp3) is 0.143. The highest BCUT2D eigenvalue weighted by Crippen LogP contribution is 2.27. The second-order valence-corrected chi connectivity index (χ2v) is 7.57. The van der Waals surface area contributed by atoms with Crippen LogP contribution in [-0.4, -0.2) is 25.5 Å². The second kappa shape index (κ2) is 11.5. The lowest BCUT2D eigenvalue weighted by Crippen LogP contribution is -2.10. The first-order chi connectivity index (χ1) is 16.3. The number of carbonyl (C=O) groups is 2. The van der Waals surface area contributed by atoms with Gasteiger partial charge in [0.25, 0.3) is 0 Å². The molecule has 174 valence electrons. The van der Waals surface area contributed by atoms with Crippen LogP contribution in [0.3, 0.4) is 0 Å². The zero-order valence-electron chi connectivity index (χ0n) is 19.2. The van der Waals surface area contributed by atoms with E-state index in [1.165, 1.54) is 0 Å². The van der Waals surface area contributed by atoms with E-state index in [1.807, 2.05) is 72.8 Å². The summed E-state index contributed by atoms with van der Waals surface area (Å²) in [5.41, 5.74) is 4.84. The molecule has 0 atom stereocenters. The Bertz CT molecular complexity index is 1060. The van der Waals surface area contributed by atoms with Gasteiger partial charge in [0, 0.05) is 11.1 Å². The Balaban J connectivity index is 1.55. The molecule has 3 aromatic carbocycles. The lowest BCUT2D eigenvalue weighted by molar-refractivity contribution is -0.146. The van der Waals surface area contributed by atoms with Crippen LogP contribution in [0.1, 0.15) is 13.8 Å². The van der Waals surface area contributed by atoms with Gasteiger partial charge in [-0.2, -0.15) is 0 Å². The van der Waals surface area contributed by atoms with Crippen LogP contribution in [0, 0.1) is 0 Å². The Morgan fingerprint density at radius 2 is 0.824 bits per heavy atom. The Morgan fingerprint density at radius 1 is 0.559 bits per heavy atom. The predicted molar refractivity (Wildman–Crippen MR) is 130 cm³/mol. The van der Waals surface area contributed by atoms with Crippen molar-refractivity contribution in [3.05, 3.63) is 97.1 Å². The minimum Gasteiger partial charge on any atom is -0.457 e. The number of rotatable bonds is 10. The highest BCUT2D eigenvalue weighted by molar-refractivity contribution is 5.87. The number of benzene rings is 3. The zero-order valence-corrected chi connectivity index (χ0v) is 19.2. The molecule has 0 aliphatic heterocycles. The van der Waals surface area contributed by atoms with E-state index in [2.05, 4.69) is 13.2 Å². The van der Waals surface area contributed by atoms with Gasteiger partial charge in [-0.25, -0.2) is 9.59 Å². The minimum atomic E-state index is -0.483. The van der Waals surface area contributed by atoms with Gasteiger partial charge in [-0.1, -0.05) is 61.7 Å². The summed E-state index contributed by atoms with van der Waals surface area (Å²) in [6.45, 7) is 9.88. The Morgan fingerprint density at radius 3 is 1.09 bits per heavy atom. The van der Waals surface area contributed by atoms with Crippen molar-refractivity contribution in [1.82, 2.24) is 0 Å². The maximum absolute atomic E-state index is 11.4. The summed E-state index contributed by atoms with van der Waals surface area (Å²) < 4.78 is 20.7. The van der Waals surface area contributed by atoms with E-state index in [-0.39, 0.29) is 13.6 Å². The highest BCUT2D eigenvalue weighted by atomic mass is 16.7. The minimum absolute atomic E-state index is 0.163. The van der Waals surface area contributed by atoms with Crippen LogP contribution in [0.25, 0.3) is 22.3 Å². The van der Waals surface area contributed by atoms with Crippen molar-refractivity contribution in [2.75, 3.05) is 13.6 Å². The fourth-order valence-electron chi connectivity index (χ4n) is 2.89. The molecule has 0 saturated heterocycles. The summed E-state index contributed by atoms with van der Waals surface area (Å²) >= 11 is 0. The molecule has 0 heterocycles. The summed E-state index contributed by atoms with van der Waals surface area (Å²) in [7, 11) is 0. The van der Waals surface area contributed by atoms with Gasteiger partial charge in [-0.05, 0) is 60.4 Å². The van der Waals surface area contributed by atoms with E-state index in [1.54, 1.807) is 13.8 Å². The number of esters is 2. The molecule has 0 bridgehead atoms. The van der Waals surface area contributed by atoms with Gasteiger partial charge >= 0.3 is 11.9 Å². The fourth-order valence-corrected chi connectivity index (χ4v) is 2.89. The molecule has 0 N–H and O–H groups in total. The van der Waals surface area contributed by atoms with E-state index in [4.69, 9.17) is 18.9 Å². The van der Waals surface area contributed by atoms with Crippen molar-refractivity contribution >= 4 is 11.9 Å². The van der Waals surface area contributed by atoms with Crippen LogP contribution in [-0.2, 0) is 19.1 Å². The molecule has 0 aromatic heterocycles. The third-order valence-corrected chi connectivity index (χ3v) is 4.79. The monoisotopic (exact) mass is 458 g/mol. The van der Waals surface area contributed by atoms with Crippen molar-refractivity contribution in [3.8, 4) is 33.8 Å². The van der Waals surface area contributed by atoms with Crippen molar-refractivity contribution < 1.29 is 28.5 Å². The summed E-state index contributed by atoms with van der Waals surface area (Å²) in [5, 5.41) is 0. The SMILES string of the molecule is C=C(C)C(=O)OCOc1ccc(-c2ccc(-c3ccc(OCOC(=O)C(=C)C)cc3)cc2)cc1. The van der Waals surface area contributed by atoms with Gasteiger partial charge in [-0.15, -0.1) is 0 Å². The smallest absolute Gasteiger partial charge is 0.335 e. The molecule has 0 saturated carbocycles. The van der Waals surface area contributed by atoms with Gasteiger partial charge in [0.1, 0.15) is 11.5 Å². The van der Waals surface area contributed by atoms with Gasteiger partial charge < -0.3 is 18.9 Å². The third kappa shape index (κ3) is 6.84. The first-order valence-electron chi connectivity index (χ1n) is 10.6. The number of hydrogen-bond donors (Lipinski definition) is 0. The van der Waals surface area contributed by atoms with E-state index in [9.17, 15) is 9.59 Å². The van der Waals surface area contributed by atoms with Crippen LogP contribution < -0.4 is 9.47 Å². The van der Waals surface area contributed by atoms with Crippen LogP contribution >= 0.6 is 0 Å². The van der Waals surface area contributed by atoms with Crippen molar-refractivity contribution in [1.29, 1.82) is 0 Å². The summed E-state index contributed by atoms with van der Waals surface area (Å²) in [6.07, 6.45) is 0. The average molecular weight is 459 g/mol. The average Bonchev–Trinajstić information content (AvgIpc) is 2.85. The van der Waals surface area contributed by atoms with Crippen molar-refractivity contribution in [2.24, 2.45) is 0 Å². The molecule has 0 radical (unpaired) electrons. The maximum atomic E-state index is 11.4. The van der Waals surface area contributed by atoms with Crippen LogP contribution in [0.2, 0.25) is 0 Å². The van der Waals surface area contributed by atoms with Gasteiger partial charge in [0.2, 0.25) is 13.6 Å². The molecule has 0 spiro atoms. The van der Waals surface area contributed by atoms with E-state index >= 15 is 0 Å². The first kappa shape index (κ1) is 24.3. The van der Waals surface area contributed by atoms with Crippen LogP contribution in [0.4, 0.5) is 0 Å². The molecule has 0 fully saturated rings. The third-order valence-electron chi connectivity index (χ3n) is 4.79. The quantitative estimate of drug-likeness (QED) is 0.213. The Hall–Kier alpha value is -4.32. The van der Waals surface area contributed by atoms with E-state index in [0.29, 0.717) is 22.6 Å². The zero-order chi connectivity index (χ0) is 24.5. The normalized spacial score (nSPS) is 10.2.